The quantitative estimate of drug-likeness (QED) is 0.0526. The maximum Gasteiger partial charge on any atom is 0.338 e. The normalized spacial score (nSPS) is 26.7. The first kappa shape index (κ1) is 41.9. The van der Waals surface area contributed by atoms with Gasteiger partial charge in [0.2, 0.25) is 0 Å². The fourth-order valence-electron chi connectivity index (χ4n) is 6.59. The van der Waals surface area contributed by atoms with Crippen LogP contribution in [-0.4, -0.2) is 105 Å². The van der Waals surface area contributed by atoms with Crippen LogP contribution >= 0.6 is 0 Å². The van der Waals surface area contributed by atoms with Gasteiger partial charge in [0.1, 0.15) is 43.2 Å². The summed E-state index contributed by atoms with van der Waals surface area (Å²) >= 11 is 0. The van der Waals surface area contributed by atoms with Gasteiger partial charge in [-0.15, -0.1) is 0 Å². The standard InChI is InChI=1S/C42H43N3O13/c1-50-40(49)36-32(46)35(53-24-27-17-9-4-10-18-27)37(56-39(48)29-21-13-6-14-22-29)42(58-36)57-33-30(25-54-38(47)28-19-11-5-12-20-28)55-41(51-2)31(44-45-43)34(33)52-23-26-15-7-3-8-16-26/h3-22,30-37,41-42,46H,23-25H2,1-2H3/t30?,31-,32-,33+,34?,35-,36?,37?,41-,42-/m1/s1. The molecule has 58 heavy (non-hydrogen) atoms. The van der Waals surface area contributed by atoms with Crippen LogP contribution in [0.2, 0.25) is 0 Å². The Kier molecular flexibility index (Phi) is 14.9. The maximum atomic E-state index is 13.7. The monoisotopic (exact) mass is 797 g/mol. The highest BCUT2D eigenvalue weighted by molar-refractivity contribution is 5.90. The molecule has 304 valence electrons. The molecule has 6 rings (SSSR count). The summed E-state index contributed by atoms with van der Waals surface area (Å²) in [5, 5.41) is 15.6. The van der Waals surface area contributed by atoms with Gasteiger partial charge in [-0.25, -0.2) is 14.4 Å². The molecule has 4 aromatic rings. The van der Waals surface area contributed by atoms with Gasteiger partial charge in [-0.05, 0) is 40.9 Å². The van der Waals surface area contributed by atoms with Crippen LogP contribution in [0.1, 0.15) is 31.8 Å². The fraction of sp³-hybridized carbons (Fsp3) is 0.357. The summed E-state index contributed by atoms with van der Waals surface area (Å²) in [4.78, 5) is 43.1. The highest BCUT2D eigenvalue weighted by Crippen LogP contribution is 2.35. The molecule has 2 heterocycles. The average Bonchev–Trinajstić information content (AvgIpc) is 3.27. The number of ether oxygens (including phenoxy) is 9. The summed E-state index contributed by atoms with van der Waals surface area (Å²) in [6.07, 6.45) is -13.2. The van der Waals surface area contributed by atoms with Crippen molar-refractivity contribution in [2.75, 3.05) is 20.8 Å². The lowest BCUT2D eigenvalue weighted by molar-refractivity contribution is -0.347. The topological polar surface area (TPSA) is 203 Å². The summed E-state index contributed by atoms with van der Waals surface area (Å²) in [5.41, 5.74) is 11.6. The van der Waals surface area contributed by atoms with E-state index in [1.165, 1.54) is 19.2 Å². The smallest absolute Gasteiger partial charge is 0.338 e. The van der Waals surface area contributed by atoms with E-state index in [0.29, 0.717) is 5.56 Å². The number of aliphatic hydroxyl groups excluding tert-OH is 1. The summed E-state index contributed by atoms with van der Waals surface area (Å²) in [6.45, 7) is -0.533. The molecule has 0 saturated carbocycles. The van der Waals surface area contributed by atoms with Crippen molar-refractivity contribution in [1.29, 1.82) is 0 Å². The molecule has 4 aromatic carbocycles. The van der Waals surface area contributed by atoms with Crippen molar-refractivity contribution >= 4 is 17.9 Å². The predicted octanol–water partition coefficient (Wildman–Crippen LogP) is 4.93. The SMILES string of the molecule is COC(=O)C1O[C@@H](O[C@H]2C(COC(=O)c3ccccc3)O[C@@H](OC)[C@H](N=[N+]=[N-])C2OCc2ccccc2)C(OC(=O)c2ccccc2)[C@H](OCc2ccccc2)[C@H]1O. The molecule has 0 aliphatic carbocycles. The molecule has 2 aliphatic heterocycles. The predicted molar refractivity (Wildman–Crippen MR) is 203 cm³/mol. The minimum Gasteiger partial charge on any atom is -0.467 e. The third-order valence-corrected chi connectivity index (χ3v) is 9.49. The second-order valence-electron chi connectivity index (χ2n) is 13.2. The van der Waals surface area contributed by atoms with Crippen LogP contribution < -0.4 is 0 Å². The third kappa shape index (κ3) is 10.4. The van der Waals surface area contributed by atoms with E-state index in [-0.39, 0.29) is 24.3 Å². The van der Waals surface area contributed by atoms with Crippen molar-refractivity contribution < 1.29 is 62.1 Å². The first-order valence-electron chi connectivity index (χ1n) is 18.4. The van der Waals surface area contributed by atoms with Gasteiger partial charge in [-0.2, -0.15) is 0 Å². The number of carbonyl (C=O) groups excluding carboxylic acids is 3. The molecule has 1 N–H and O–H groups in total. The minimum absolute atomic E-state index is 0.0139. The molecule has 10 atom stereocenters. The summed E-state index contributed by atoms with van der Waals surface area (Å²) in [7, 11) is 2.46. The number of nitrogens with zero attached hydrogens (tertiary/aromatic N) is 3. The van der Waals surface area contributed by atoms with E-state index in [4.69, 9.17) is 42.6 Å². The number of azide groups is 1. The highest BCUT2D eigenvalue weighted by Gasteiger charge is 2.56. The highest BCUT2D eigenvalue weighted by atomic mass is 16.8. The fourth-order valence-corrected chi connectivity index (χ4v) is 6.59. The van der Waals surface area contributed by atoms with E-state index in [9.17, 15) is 25.0 Å². The number of carbonyl (C=O) groups is 3. The number of hydrogen-bond donors (Lipinski definition) is 1. The molecule has 16 nitrogen and oxygen atoms in total. The van der Waals surface area contributed by atoms with E-state index in [0.717, 1.165) is 12.7 Å². The molecule has 0 bridgehead atoms. The van der Waals surface area contributed by atoms with Gasteiger partial charge in [0.05, 0.1) is 31.5 Å². The van der Waals surface area contributed by atoms with Gasteiger partial charge in [0.25, 0.3) is 0 Å². The molecule has 2 fully saturated rings. The van der Waals surface area contributed by atoms with Crippen molar-refractivity contribution in [3.63, 3.8) is 0 Å². The third-order valence-electron chi connectivity index (χ3n) is 9.49. The zero-order valence-electron chi connectivity index (χ0n) is 31.6. The Balaban J connectivity index is 1.41. The molecule has 0 spiro atoms. The Bertz CT molecular complexity index is 1970. The second kappa shape index (κ2) is 20.7. The van der Waals surface area contributed by atoms with Crippen LogP contribution in [0.25, 0.3) is 10.4 Å². The maximum absolute atomic E-state index is 13.7. The van der Waals surface area contributed by atoms with Crippen molar-refractivity contribution in [3.8, 4) is 0 Å². The number of esters is 3. The van der Waals surface area contributed by atoms with Crippen LogP contribution in [0.4, 0.5) is 0 Å². The van der Waals surface area contributed by atoms with Crippen LogP contribution in [0.3, 0.4) is 0 Å². The zero-order valence-corrected chi connectivity index (χ0v) is 31.6. The lowest BCUT2D eigenvalue weighted by Crippen LogP contribution is -2.66. The number of hydrogen-bond acceptors (Lipinski definition) is 14. The van der Waals surface area contributed by atoms with Crippen LogP contribution in [0.15, 0.2) is 126 Å². The van der Waals surface area contributed by atoms with Crippen LogP contribution in [-0.2, 0) is 60.6 Å². The van der Waals surface area contributed by atoms with Crippen LogP contribution in [0, 0.1) is 0 Å². The molecular weight excluding hydrogens is 754 g/mol. The summed E-state index contributed by atoms with van der Waals surface area (Å²) in [5.74, 6) is -2.47. The summed E-state index contributed by atoms with van der Waals surface area (Å²) in [6, 6.07) is 33.3. The average molecular weight is 798 g/mol. The van der Waals surface area contributed by atoms with Gasteiger partial charge in [0.15, 0.2) is 24.8 Å². The Morgan fingerprint density at radius 3 is 1.76 bits per heavy atom. The van der Waals surface area contributed by atoms with Crippen molar-refractivity contribution in [1.82, 2.24) is 0 Å². The van der Waals surface area contributed by atoms with Gasteiger partial charge in [0, 0.05) is 12.0 Å². The number of aliphatic hydroxyl groups is 1. The van der Waals surface area contributed by atoms with Gasteiger partial charge in [-0.3, -0.25) is 0 Å². The van der Waals surface area contributed by atoms with E-state index >= 15 is 0 Å². The Morgan fingerprint density at radius 2 is 1.22 bits per heavy atom. The number of rotatable bonds is 16. The van der Waals surface area contributed by atoms with E-state index in [1.807, 2.05) is 36.4 Å². The first-order valence-corrected chi connectivity index (χ1v) is 18.4. The molecule has 0 radical (unpaired) electrons. The van der Waals surface area contributed by atoms with Gasteiger partial charge < -0.3 is 47.7 Å². The Morgan fingerprint density at radius 1 is 0.690 bits per heavy atom. The molecule has 2 aliphatic rings. The molecule has 16 heteroatoms. The Hall–Kier alpha value is -5.68. The van der Waals surface area contributed by atoms with E-state index < -0.39 is 85.9 Å². The van der Waals surface area contributed by atoms with Gasteiger partial charge in [-0.1, -0.05) is 102 Å². The second-order valence-corrected chi connectivity index (χ2v) is 13.2. The largest absolute Gasteiger partial charge is 0.467 e. The lowest BCUT2D eigenvalue weighted by Gasteiger charge is -2.48. The molecule has 4 unspecified atom stereocenters. The number of benzene rings is 4. The van der Waals surface area contributed by atoms with Crippen molar-refractivity contribution in [2.45, 2.75) is 74.6 Å². The first-order chi connectivity index (χ1) is 28.3. The minimum atomic E-state index is -1.73. The van der Waals surface area contributed by atoms with Crippen LogP contribution in [0.5, 0.6) is 0 Å². The van der Waals surface area contributed by atoms with Crippen molar-refractivity contribution in [2.24, 2.45) is 5.11 Å². The summed E-state index contributed by atoms with van der Waals surface area (Å²) < 4.78 is 54.1. The van der Waals surface area contributed by atoms with Crippen molar-refractivity contribution in [3.05, 3.63) is 154 Å². The molecular formula is C42H43N3O13. The molecule has 2 saturated heterocycles. The molecule has 0 amide bonds. The van der Waals surface area contributed by atoms with Gasteiger partial charge >= 0.3 is 17.9 Å². The van der Waals surface area contributed by atoms with E-state index in [2.05, 4.69) is 10.0 Å². The molecule has 0 aromatic heterocycles. The Labute approximate surface area is 334 Å². The zero-order chi connectivity index (χ0) is 40.9. The van der Waals surface area contributed by atoms with E-state index in [1.54, 1.807) is 72.8 Å². The number of methoxy groups -OCH3 is 2. The lowest BCUT2D eigenvalue weighted by atomic mass is 9.95.